The van der Waals surface area contributed by atoms with Crippen molar-refractivity contribution in [3.63, 3.8) is 0 Å². The van der Waals surface area contributed by atoms with Crippen LogP contribution in [0.25, 0.3) is 0 Å². The zero-order chi connectivity index (χ0) is 32.3. The van der Waals surface area contributed by atoms with E-state index in [0.717, 1.165) is 0 Å². The molecule has 0 N–H and O–H groups in total. The van der Waals surface area contributed by atoms with Gasteiger partial charge in [-0.05, 0) is 24.3 Å². The van der Waals surface area contributed by atoms with Gasteiger partial charge in [-0.2, -0.15) is 74.6 Å². The van der Waals surface area contributed by atoms with Gasteiger partial charge in [-0.25, -0.2) is 17.2 Å². The Morgan fingerprint density at radius 3 is 1.27 bits per heavy atom. The molecule has 1 rings (SSSR count). The van der Waals surface area contributed by atoms with Gasteiger partial charge in [-0.1, -0.05) is 0 Å². The topological polar surface area (TPSA) is 66.4 Å². The van der Waals surface area contributed by atoms with E-state index in [0.29, 0.717) is 0 Å². The molecule has 0 bridgehead atoms. The molecule has 41 heavy (non-hydrogen) atoms. The summed E-state index contributed by atoms with van der Waals surface area (Å²) in [7, 11) is -5.32. The van der Waals surface area contributed by atoms with E-state index in [2.05, 4.69) is 4.74 Å². The standard InChI is InChI=1S/C16H5F19O4S.Na/c17-7(9(19,20)11(23,24)12(25,26)13(27,28)14(29,30)15(31,32)33)8(18)10(21,22)16(34,35)39-5-1-3-6(4-2-5)40(36,37)38;/h1-4H,(H,36,37,38);/q;+1/p-1/b8-7+;. The number of allylic oxidation sites excluding steroid dienone is 1. The van der Waals surface area contributed by atoms with Crippen molar-refractivity contribution in [1.82, 2.24) is 0 Å². The van der Waals surface area contributed by atoms with E-state index in [-0.39, 0.29) is 53.8 Å². The maximum Gasteiger partial charge on any atom is 1.00 e. The van der Waals surface area contributed by atoms with Crippen LogP contribution in [0.2, 0.25) is 0 Å². The molecule has 0 aliphatic heterocycles. The van der Waals surface area contributed by atoms with Crippen molar-refractivity contribution in [2.75, 3.05) is 0 Å². The third kappa shape index (κ3) is 6.34. The van der Waals surface area contributed by atoms with Gasteiger partial charge in [0.15, 0.2) is 0 Å². The van der Waals surface area contributed by atoms with Gasteiger partial charge in [-0.3, -0.25) is 0 Å². The van der Waals surface area contributed by atoms with Gasteiger partial charge in [0.1, 0.15) is 15.9 Å². The second kappa shape index (κ2) is 11.1. The largest absolute Gasteiger partial charge is 1.00 e. The molecule has 0 aliphatic rings. The minimum absolute atomic E-state index is 0. The average molecular weight is 676 g/mol. The molecular formula is C16H4F19NaO4S. The zero-order valence-corrected chi connectivity index (χ0v) is 21.3. The van der Waals surface area contributed by atoms with E-state index < -0.39 is 80.2 Å². The summed E-state index contributed by atoms with van der Waals surface area (Å²) in [6.07, 6.45) is -14.7. The minimum atomic E-state index is -8.77. The number of rotatable bonds is 10. The predicted molar refractivity (Wildman–Crippen MR) is 85.0 cm³/mol. The van der Waals surface area contributed by atoms with E-state index in [9.17, 15) is 96.4 Å². The summed E-state index contributed by atoms with van der Waals surface area (Å²) in [6.45, 7) is 0. The Kier molecular flexibility index (Phi) is 10.7. The van der Waals surface area contributed by atoms with Crippen LogP contribution in [-0.4, -0.2) is 60.8 Å². The normalized spacial score (nSPS) is 15.7. The Hall–Kier alpha value is -1.66. The summed E-state index contributed by atoms with van der Waals surface area (Å²) < 4.78 is 286. The van der Waals surface area contributed by atoms with Crippen molar-refractivity contribution in [1.29, 1.82) is 0 Å². The molecule has 0 radical (unpaired) electrons. The minimum Gasteiger partial charge on any atom is -0.744 e. The van der Waals surface area contributed by atoms with Crippen LogP contribution in [0.5, 0.6) is 5.75 Å². The van der Waals surface area contributed by atoms with Crippen molar-refractivity contribution in [2.24, 2.45) is 0 Å². The Bertz CT molecular complexity index is 1240. The van der Waals surface area contributed by atoms with Crippen molar-refractivity contribution in [3.05, 3.63) is 35.9 Å². The van der Waals surface area contributed by atoms with Crippen LogP contribution in [0, 0.1) is 0 Å². The second-order valence-electron chi connectivity index (χ2n) is 7.12. The van der Waals surface area contributed by atoms with Crippen LogP contribution in [0.1, 0.15) is 0 Å². The number of ether oxygens (including phenoxy) is 1. The molecule has 1 aromatic carbocycles. The van der Waals surface area contributed by atoms with E-state index in [4.69, 9.17) is 0 Å². The second-order valence-corrected chi connectivity index (χ2v) is 8.50. The summed E-state index contributed by atoms with van der Waals surface area (Å²) in [4.78, 5) is -1.26. The van der Waals surface area contributed by atoms with E-state index in [1.165, 1.54) is 0 Å². The van der Waals surface area contributed by atoms with E-state index >= 15 is 0 Å². The molecule has 0 spiro atoms. The van der Waals surface area contributed by atoms with Crippen molar-refractivity contribution in [3.8, 4) is 5.75 Å². The smallest absolute Gasteiger partial charge is 0.744 e. The fourth-order valence-corrected chi connectivity index (χ4v) is 2.67. The van der Waals surface area contributed by atoms with Crippen LogP contribution in [0.15, 0.2) is 40.8 Å². The summed E-state index contributed by atoms with van der Waals surface area (Å²) in [5.74, 6) is -62.4. The number of hydrogen-bond donors (Lipinski definition) is 0. The Balaban J connectivity index is 0.0000160. The van der Waals surface area contributed by atoms with Crippen molar-refractivity contribution >= 4 is 10.1 Å². The van der Waals surface area contributed by atoms with Crippen LogP contribution in [0.4, 0.5) is 83.4 Å². The molecule has 0 unspecified atom stereocenters. The molecule has 0 amide bonds. The Morgan fingerprint density at radius 1 is 0.585 bits per heavy atom. The Labute approximate surface area is 235 Å². The number of hydrogen-bond acceptors (Lipinski definition) is 4. The fraction of sp³-hybridized carbons (Fsp3) is 0.500. The first kappa shape index (κ1) is 39.3. The predicted octanol–water partition coefficient (Wildman–Crippen LogP) is 4.09. The zero-order valence-electron chi connectivity index (χ0n) is 18.5. The molecule has 0 aromatic heterocycles. The summed E-state index contributed by atoms with van der Waals surface area (Å²) in [6, 6.07) is -0.0728. The van der Waals surface area contributed by atoms with Gasteiger partial charge in [0.25, 0.3) is 0 Å². The van der Waals surface area contributed by atoms with Crippen LogP contribution in [0.3, 0.4) is 0 Å². The molecule has 1 aromatic rings. The first-order chi connectivity index (χ1) is 17.2. The van der Waals surface area contributed by atoms with Crippen LogP contribution in [-0.2, 0) is 10.1 Å². The third-order valence-corrected chi connectivity index (χ3v) is 5.25. The molecular weight excluding hydrogens is 672 g/mol. The first-order valence-electron chi connectivity index (χ1n) is 8.77. The molecule has 0 fully saturated rings. The molecule has 0 heterocycles. The maximum absolute atomic E-state index is 13.7. The van der Waals surface area contributed by atoms with Crippen LogP contribution < -0.4 is 34.3 Å². The molecule has 0 saturated heterocycles. The molecule has 0 atom stereocenters. The third-order valence-electron chi connectivity index (χ3n) is 4.40. The van der Waals surface area contributed by atoms with Gasteiger partial charge in [0, 0.05) is 0 Å². The number of benzene rings is 1. The van der Waals surface area contributed by atoms with Gasteiger partial charge >= 0.3 is 77.4 Å². The molecule has 0 saturated carbocycles. The van der Waals surface area contributed by atoms with Gasteiger partial charge < -0.3 is 9.29 Å². The Morgan fingerprint density at radius 2 is 0.927 bits per heavy atom. The molecule has 232 valence electrons. The van der Waals surface area contributed by atoms with Crippen LogP contribution >= 0.6 is 0 Å². The quantitative estimate of drug-likeness (QED) is 0.213. The van der Waals surface area contributed by atoms with Crippen molar-refractivity contribution < 1.29 is 131 Å². The van der Waals surface area contributed by atoms with Gasteiger partial charge in [0.05, 0.1) is 4.90 Å². The monoisotopic (exact) mass is 676 g/mol. The summed E-state index contributed by atoms with van der Waals surface area (Å²) >= 11 is 0. The number of halogens is 19. The summed E-state index contributed by atoms with van der Waals surface area (Å²) in [5, 5.41) is 0. The molecule has 0 aliphatic carbocycles. The fourth-order valence-electron chi connectivity index (χ4n) is 2.20. The van der Waals surface area contributed by atoms with Gasteiger partial charge in [0.2, 0.25) is 11.7 Å². The maximum atomic E-state index is 13.7. The molecule has 25 heteroatoms. The van der Waals surface area contributed by atoms with Gasteiger partial charge in [-0.15, -0.1) is 0 Å². The summed E-state index contributed by atoms with van der Waals surface area (Å²) in [5.41, 5.74) is 0. The SMILES string of the molecule is O=S(=O)([O-])c1ccc(OC(F)(F)C(F)(F)/C(F)=C(\F)C(F)(F)C(F)(F)C(F)(F)C(F)(F)C(F)(F)C(F)(F)F)cc1.[Na+]. The van der Waals surface area contributed by atoms with Crippen molar-refractivity contribution in [2.45, 2.75) is 52.7 Å². The average Bonchev–Trinajstić information content (AvgIpc) is 2.75. The number of alkyl halides is 17. The first-order valence-corrected chi connectivity index (χ1v) is 10.2. The van der Waals surface area contributed by atoms with E-state index in [1.54, 1.807) is 0 Å². The van der Waals surface area contributed by atoms with E-state index in [1.807, 2.05) is 0 Å². The molecule has 4 nitrogen and oxygen atoms in total.